The Kier molecular flexibility index (Phi) is 6.07. The zero-order chi connectivity index (χ0) is 15.9. The van der Waals surface area contributed by atoms with E-state index in [1.165, 1.54) is 6.21 Å². The Bertz CT molecular complexity index is 688. The van der Waals surface area contributed by atoms with Crippen molar-refractivity contribution >= 4 is 46.9 Å². The molecule has 1 amide bonds. The number of hydrogen-bond acceptors (Lipinski definition) is 3. The summed E-state index contributed by atoms with van der Waals surface area (Å²) in [6, 6.07) is 11.8. The number of carbonyl (C=O) groups is 1. The predicted octanol–water partition coefficient (Wildman–Crippen LogP) is 4.18. The van der Waals surface area contributed by atoms with Gasteiger partial charge in [0, 0.05) is 10.6 Å². The van der Waals surface area contributed by atoms with E-state index in [2.05, 4.69) is 10.5 Å². The molecule has 0 spiro atoms. The third kappa shape index (κ3) is 4.91. The third-order valence-corrected chi connectivity index (χ3v) is 3.64. The van der Waals surface area contributed by atoms with E-state index < -0.39 is 5.91 Å². The summed E-state index contributed by atoms with van der Waals surface area (Å²) in [5.74, 6) is 0.144. The fourth-order valence-corrected chi connectivity index (χ4v) is 1.99. The highest BCUT2D eigenvalue weighted by atomic mass is 35.5. The number of hydrogen-bond donors (Lipinski definition) is 1. The number of nitrogens with zero attached hydrogens (tertiary/aromatic N) is 1. The molecule has 0 aromatic heterocycles. The van der Waals surface area contributed by atoms with Crippen molar-refractivity contribution < 1.29 is 9.53 Å². The SMILES string of the molecule is O=C(COc1ccc(Cl)cc1)N/N=C/c1cccc(Cl)c1Cl. The first-order chi connectivity index (χ1) is 10.6. The number of hydrazone groups is 1. The van der Waals surface area contributed by atoms with Gasteiger partial charge < -0.3 is 4.74 Å². The highest BCUT2D eigenvalue weighted by Gasteiger charge is 2.03. The molecule has 2 rings (SSSR count). The van der Waals surface area contributed by atoms with E-state index in [1.54, 1.807) is 42.5 Å². The van der Waals surface area contributed by atoms with Crippen LogP contribution >= 0.6 is 34.8 Å². The lowest BCUT2D eigenvalue weighted by atomic mass is 10.2. The van der Waals surface area contributed by atoms with Crippen molar-refractivity contribution in [3.63, 3.8) is 0 Å². The van der Waals surface area contributed by atoms with Gasteiger partial charge in [-0.15, -0.1) is 0 Å². The molecule has 0 aliphatic rings. The van der Waals surface area contributed by atoms with Crippen LogP contribution in [0.15, 0.2) is 47.6 Å². The fourth-order valence-electron chi connectivity index (χ4n) is 1.51. The standard InChI is InChI=1S/C15H11Cl3N2O2/c16-11-4-6-12(7-5-11)22-9-14(21)20-19-8-10-2-1-3-13(17)15(10)18/h1-8H,9H2,(H,20,21)/b19-8+. The zero-order valence-corrected chi connectivity index (χ0v) is 13.5. The minimum absolute atomic E-state index is 0.164. The molecule has 0 saturated carbocycles. The van der Waals surface area contributed by atoms with Crippen molar-refractivity contribution in [1.29, 1.82) is 0 Å². The van der Waals surface area contributed by atoms with E-state index in [0.29, 0.717) is 26.4 Å². The number of amides is 1. The molecular weight excluding hydrogens is 347 g/mol. The molecule has 2 aromatic rings. The topological polar surface area (TPSA) is 50.7 Å². The molecule has 0 radical (unpaired) electrons. The second-order valence-corrected chi connectivity index (χ2v) is 5.40. The van der Waals surface area contributed by atoms with Crippen LogP contribution in [0.2, 0.25) is 15.1 Å². The van der Waals surface area contributed by atoms with Crippen molar-refractivity contribution in [3.05, 3.63) is 63.1 Å². The Morgan fingerprint density at radius 1 is 1.14 bits per heavy atom. The van der Waals surface area contributed by atoms with Crippen LogP contribution in [0.4, 0.5) is 0 Å². The van der Waals surface area contributed by atoms with E-state index in [4.69, 9.17) is 39.5 Å². The van der Waals surface area contributed by atoms with E-state index in [9.17, 15) is 4.79 Å². The lowest BCUT2D eigenvalue weighted by Gasteiger charge is -2.05. The van der Waals surface area contributed by atoms with E-state index in [1.807, 2.05) is 0 Å². The molecule has 0 aliphatic heterocycles. The van der Waals surface area contributed by atoms with Crippen molar-refractivity contribution in [2.45, 2.75) is 0 Å². The first kappa shape index (κ1) is 16.6. The Hall–Kier alpha value is -1.75. The maximum absolute atomic E-state index is 11.6. The highest BCUT2D eigenvalue weighted by Crippen LogP contribution is 2.24. The van der Waals surface area contributed by atoms with Crippen LogP contribution < -0.4 is 10.2 Å². The number of rotatable bonds is 5. The molecule has 22 heavy (non-hydrogen) atoms. The summed E-state index contributed by atoms with van der Waals surface area (Å²) in [6.45, 7) is -0.164. The van der Waals surface area contributed by atoms with Gasteiger partial charge in [-0.25, -0.2) is 5.43 Å². The van der Waals surface area contributed by atoms with Gasteiger partial charge in [0.15, 0.2) is 6.61 Å². The van der Waals surface area contributed by atoms with Crippen LogP contribution in [-0.4, -0.2) is 18.7 Å². The van der Waals surface area contributed by atoms with Gasteiger partial charge in [-0.05, 0) is 30.3 Å². The second-order valence-electron chi connectivity index (χ2n) is 4.18. The zero-order valence-electron chi connectivity index (χ0n) is 11.2. The maximum Gasteiger partial charge on any atom is 0.277 e. The lowest BCUT2D eigenvalue weighted by Crippen LogP contribution is -2.24. The summed E-state index contributed by atoms with van der Waals surface area (Å²) >= 11 is 17.6. The average molecular weight is 358 g/mol. The van der Waals surface area contributed by atoms with Gasteiger partial charge in [0.25, 0.3) is 5.91 Å². The summed E-state index contributed by atoms with van der Waals surface area (Å²) in [5, 5.41) is 5.19. The van der Waals surface area contributed by atoms with Gasteiger partial charge in [0.1, 0.15) is 5.75 Å². The normalized spacial score (nSPS) is 10.7. The molecule has 1 N–H and O–H groups in total. The number of carbonyl (C=O) groups excluding carboxylic acids is 1. The number of nitrogens with one attached hydrogen (secondary N) is 1. The number of halogens is 3. The average Bonchev–Trinajstić information content (AvgIpc) is 2.51. The van der Waals surface area contributed by atoms with Crippen LogP contribution in [0.25, 0.3) is 0 Å². The summed E-state index contributed by atoms with van der Waals surface area (Å²) in [4.78, 5) is 11.6. The van der Waals surface area contributed by atoms with Gasteiger partial charge in [0.05, 0.1) is 16.3 Å². The fraction of sp³-hybridized carbons (Fsp3) is 0.0667. The molecule has 0 saturated heterocycles. The predicted molar refractivity (Wildman–Crippen MR) is 89.1 cm³/mol. The van der Waals surface area contributed by atoms with Gasteiger partial charge in [-0.3, -0.25) is 4.79 Å². The Morgan fingerprint density at radius 2 is 1.86 bits per heavy atom. The second kappa shape index (κ2) is 8.03. The Labute approximate surface area is 142 Å². The first-order valence-corrected chi connectivity index (χ1v) is 7.34. The summed E-state index contributed by atoms with van der Waals surface area (Å²) in [5.41, 5.74) is 2.94. The molecule has 7 heteroatoms. The molecule has 0 fully saturated rings. The van der Waals surface area contributed by atoms with E-state index >= 15 is 0 Å². The molecule has 4 nitrogen and oxygen atoms in total. The molecule has 0 unspecified atom stereocenters. The molecule has 0 aliphatic carbocycles. The van der Waals surface area contributed by atoms with Crippen LogP contribution in [-0.2, 0) is 4.79 Å². The minimum Gasteiger partial charge on any atom is -0.484 e. The summed E-state index contributed by atoms with van der Waals surface area (Å²) < 4.78 is 5.28. The molecular formula is C15H11Cl3N2O2. The van der Waals surface area contributed by atoms with Crippen LogP contribution in [0, 0.1) is 0 Å². The van der Waals surface area contributed by atoms with Crippen molar-refractivity contribution in [1.82, 2.24) is 5.43 Å². The largest absolute Gasteiger partial charge is 0.484 e. The molecule has 114 valence electrons. The molecule has 0 bridgehead atoms. The highest BCUT2D eigenvalue weighted by molar-refractivity contribution is 6.43. The van der Waals surface area contributed by atoms with Gasteiger partial charge in [-0.1, -0.05) is 46.9 Å². The molecule has 0 atom stereocenters. The molecule has 0 heterocycles. The van der Waals surface area contributed by atoms with Gasteiger partial charge >= 0.3 is 0 Å². The molecule has 2 aromatic carbocycles. The number of benzene rings is 2. The van der Waals surface area contributed by atoms with Crippen molar-refractivity contribution in [2.24, 2.45) is 5.10 Å². The minimum atomic E-state index is -0.399. The smallest absolute Gasteiger partial charge is 0.277 e. The number of ether oxygens (including phenoxy) is 1. The van der Waals surface area contributed by atoms with Crippen molar-refractivity contribution in [2.75, 3.05) is 6.61 Å². The summed E-state index contributed by atoms with van der Waals surface area (Å²) in [6.07, 6.45) is 1.41. The first-order valence-electron chi connectivity index (χ1n) is 6.20. The van der Waals surface area contributed by atoms with Crippen LogP contribution in [0.1, 0.15) is 5.56 Å². The Balaban J connectivity index is 1.83. The lowest BCUT2D eigenvalue weighted by molar-refractivity contribution is -0.123. The van der Waals surface area contributed by atoms with Crippen LogP contribution in [0.5, 0.6) is 5.75 Å². The third-order valence-electron chi connectivity index (χ3n) is 2.56. The quantitative estimate of drug-likeness (QED) is 0.645. The van der Waals surface area contributed by atoms with Gasteiger partial charge in [-0.2, -0.15) is 5.10 Å². The monoisotopic (exact) mass is 356 g/mol. The summed E-state index contributed by atoms with van der Waals surface area (Å²) in [7, 11) is 0. The van der Waals surface area contributed by atoms with Crippen LogP contribution in [0.3, 0.4) is 0 Å². The van der Waals surface area contributed by atoms with E-state index in [-0.39, 0.29) is 6.61 Å². The maximum atomic E-state index is 11.6. The van der Waals surface area contributed by atoms with E-state index in [0.717, 1.165) is 0 Å². The Morgan fingerprint density at radius 3 is 2.59 bits per heavy atom. The van der Waals surface area contributed by atoms with Gasteiger partial charge in [0.2, 0.25) is 0 Å². The van der Waals surface area contributed by atoms with Crippen molar-refractivity contribution in [3.8, 4) is 5.75 Å².